The van der Waals surface area contributed by atoms with Crippen LogP contribution < -0.4 is 0 Å². The third-order valence-electron chi connectivity index (χ3n) is 3.08. The van der Waals surface area contributed by atoms with Gasteiger partial charge >= 0.3 is 11.9 Å². The molecule has 0 spiro atoms. The van der Waals surface area contributed by atoms with Gasteiger partial charge in [-0.15, -0.1) is 0 Å². The van der Waals surface area contributed by atoms with E-state index >= 15 is 0 Å². The van der Waals surface area contributed by atoms with E-state index in [1.165, 1.54) is 6.08 Å². The molecule has 0 fully saturated rings. The van der Waals surface area contributed by atoms with E-state index in [1.807, 2.05) is 30.3 Å². The number of esters is 2. The van der Waals surface area contributed by atoms with Crippen LogP contribution in [-0.2, 0) is 20.9 Å². The van der Waals surface area contributed by atoms with Crippen LogP contribution in [0.3, 0.4) is 0 Å². The Hall–Kier alpha value is -2.88. The van der Waals surface area contributed by atoms with E-state index in [2.05, 4.69) is 0 Å². The first-order valence-electron chi connectivity index (χ1n) is 7.35. The molecule has 0 atom stereocenters. The summed E-state index contributed by atoms with van der Waals surface area (Å²) in [6.45, 7) is 2.26. The van der Waals surface area contributed by atoms with Crippen LogP contribution in [0.1, 0.15) is 28.4 Å². The highest BCUT2D eigenvalue weighted by Gasteiger charge is 2.10. The lowest BCUT2D eigenvalue weighted by Crippen LogP contribution is -2.06. The highest BCUT2D eigenvalue weighted by atomic mass is 16.5. The molecule has 0 aromatic heterocycles. The van der Waals surface area contributed by atoms with E-state index in [1.54, 1.807) is 37.3 Å². The molecule has 0 aliphatic heterocycles. The highest BCUT2D eigenvalue weighted by Crippen LogP contribution is 2.12. The lowest BCUT2D eigenvalue weighted by Gasteiger charge is -2.05. The number of hydrogen-bond donors (Lipinski definition) is 0. The van der Waals surface area contributed by atoms with Crippen molar-refractivity contribution in [3.05, 3.63) is 77.4 Å². The molecule has 0 aliphatic carbocycles. The first kappa shape index (κ1) is 16.5. The zero-order chi connectivity index (χ0) is 16.5. The van der Waals surface area contributed by atoms with Crippen molar-refractivity contribution in [3.63, 3.8) is 0 Å². The molecule has 0 N–H and O–H groups in total. The number of carbonyl (C=O) groups is 2. The fourth-order valence-electron chi connectivity index (χ4n) is 1.97. The van der Waals surface area contributed by atoms with Crippen LogP contribution >= 0.6 is 0 Å². The molecule has 4 heteroatoms. The standard InChI is InChI=1S/C19H18O4/c1-2-22-19(21)17-11-7-6-10-16(17)12-13-18(20)23-14-15-8-4-3-5-9-15/h3-13H,2,14H2,1H3. The molecule has 0 unspecified atom stereocenters. The molecule has 0 radical (unpaired) electrons. The quantitative estimate of drug-likeness (QED) is 0.604. The minimum absolute atomic E-state index is 0.212. The van der Waals surface area contributed by atoms with Gasteiger partial charge in [0.15, 0.2) is 0 Å². The molecular weight excluding hydrogens is 292 g/mol. The molecule has 2 rings (SSSR count). The summed E-state index contributed by atoms with van der Waals surface area (Å²) in [6.07, 6.45) is 2.86. The first-order valence-corrected chi connectivity index (χ1v) is 7.35. The van der Waals surface area contributed by atoms with Crippen molar-refractivity contribution in [2.75, 3.05) is 6.61 Å². The van der Waals surface area contributed by atoms with Gasteiger partial charge in [-0.25, -0.2) is 9.59 Å². The van der Waals surface area contributed by atoms with Gasteiger partial charge in [0.2, 0.25) is 0 Å². The molecule has 4 nitrogen and oxygen atoms in total. The predicted octanol–water partition coefficient (Wildman–Crippen LogP) is 3.62. The van der Waals surface area contributed by atoms with Gasteiger partial charge in [-0.3, -0.25) is 0 Å². The Morgan fingerprint density at radius 2 is 1.65 bits per heavy atom. The Labute approximate surface area is 135 Å². The fourth-order valence-corrected chi connectivity index (χ4v) is 1.97. The van der Waals surface area contributed by atoms with E-state index in [0.717, 1.165) is 5.56 Å². The number of benzene rings is 2. The zero-order valence-corrected chi connectivity index (χ0v) is 12.9. The Kier molecular flexibility index (Phi) is 6.12. The SMILES string of the molecule is CCOC(=O)c1ccccc1C=CC(=O)OCc1ccccc1. The second kappa shape index (κ2) is 8.54. The Balaban J connectivity index is 1.99. The van der Waals surface area contributed by atoms with Gasteiger partial charge in [-0.2, -0.15) is 0 Å². The molecule has 118 valence electrons. The fraction of sp³-hybridized carbons (Fsp3) is 0.158. The summed E-state index contributed by atoms with van der Waals surface area (Å²) in [5.41, 5.74) is 1.95. The van der Waals surface area contributed by atoms with Crippen LogP contribution in [0.15, 0.2) is 60.7 Å². The van der Waals surface area contributed by atoms with Crippen LogP contribution in [0, 0.1) is 0 Å². The summed E-state index contributed by atoms with van der Waals surface area (Å²) in [4.78, 5) is 23.6. The second-order valence-electron chi connectivity index (χ2n) is 4.73. The van der Waals surface area contributed by atoms with Crippen molar-refractivity contribution in [1.82, 2.24) is 0 Å². The van der Waals surface area contributed by atoms with E-state index in [0.29, 0.717) is 17.7 Å². The van der Waals surface area contributed by atoms with E-state index < -0.39 is 11.9 Å². The Bertz CT molecular complexity index is 690. The summed E-state index contributed by atoms with van der Waals surface area (Å²) in [5, 5.41) is 0. The normalized spacial score (nSPS) is 10.5. The number of hydrogen-bond acceptors (Lipinski definition) is 4. The predicted molar refractivity (Wildman–Crippen MR) is 87.7 cm³/mol. The van der Waals surface area contributed by atoms with Crippen molar-refractivity contribution < 1.29 is 19.1 Å². The maximum atomic E-state index is 11.8. The molecule has 0 bridgehead atoms. The summed E-state index contributed by atoms with van der Waals surface area (Å²) >= 11 is 0. The van der Waals surface area contributed by atoms with Crippen molar-refractivity contribution in [3.8, 4) is 0 Å². The Morgan fingerprint density at radius 3 is 2.39 bits per heavy atom. The van der Waals surface area contributed by atoms with E-state index in [-0.39, 0.29) is 6.61 Å². The van der Waals surface area contributed by atoms with E-state index in [4.69, 9.17) is 9.47 Å². The molecule has 0 aliphatic rings. The van der Waals surface area contributed by atoms with E-state index in [9.17, 15) is 9.59 Å². The number of ether oxygens (including phenoxy) is 2. The van der Waals surface area contributed by atoms with Crippen molar-refractivity contribution >= 4 is 18.0 Å². The average molecular weight is 310 g/mol. The van der Waals surface area contributed by atoms with Gasteiger partial charge in [0.25, 0.3) is 0 Å². The number of carbonyl (C=O) groups excluding carboxylic acids is 2. The van der Waals surface area contributed by atoms with Gasteiger partial charge in [0.1, 0.15) is 6.61 Å². The lowest BCUT2D eigenvalue weighted by atomic mass is 10.1. The van der Waals surface area contributed by atoms with Crippen molar-refractivity contribution in [2.45, 2.75) is 13.5 Å². The van der Waals surface area contributed by atoms with Crippen molar-refractivity contribution in [2.24, 2.45) is 0 Å². The second-order valence-corrected chi connectivity index (χ2v) is 4.73. The molecule has 23 heavy (non-hydrogen) atoms. The maximum Gasteiger partial charge on any atom is 0.338 e. The highest BCUT2D eigenvalue weighted by molar-refractivity contribution is 5.95. The summed E-state index contributed by atoms with van der Waals surface area (Å²) in [5.74, 6) is -0.877. The first-order chi connectivity index (χ1) is 11.2. The van der Waals surface area contributed by atoms with Crippen LogP contribution in [0.4, 0.5) is 0 Å². The molecule has 2 aromatic rings. The van der Waals surface area contributed by atoms with Gasteiger partial charge in [0, 0.05) is 6.08 Å². The van der Waals surface area contributed by atoms with Gasteiger partial charge < -0.3 is 9.47 Å². The van der Waals surface area contributed by atoms with Crippen LogP contribution in [0.25, 0.3) is 6.08 Å². The summed E-state index contributed by atoms with van der Waals surface area (Å²) in [7, 11) is 0. The zero-order valence-electron chi connectivity index (χ0n) is 12.9. The summed E-state index contributed by atoms with van der Waals surface area (Å²) in [6, 6.07) is 16.4. The monoisotopic (exact) mass is 310 g/mol. The molecule has 0 heterocycles. The third-order valence-corrected chi connectivity index (χ3v) is 3.08. The smallest absolute Gasteiger partial charge is 0.338 e. The number of rotatable bonds is 6. The molecule has 0 saturated carbocycles. The summed E-state index contributed by atoms with van der Waals surface area (Å²) < 4.78 is 10.1. The Morgan fingerprint density at radius 1 is 0.957 bits per heavy atom. The van der Waals surface area contributed by atoms with Crippen LogP contribution in [0.5, 0.6) is 0 Å². The van der Waals surface area contributed by atoms with Crippen LogP contribution in [0.2, 0.25) is 0 Å². The molecule has 0 amide bonds. The minimum atomic E-state index is -0.465. The largest absolute Gasteiger partial charge is 0.462 e. The minimum Gasteiger partial charge on any atom is -0.462 e. The van der Waals surface area contributed by atoms with Gasteiger partial charge in [0.05, 0.1) is 12.2 Å². The molecular formula is C19H18O4. The van der Waals surface area contributed by atoms with Crippen LogP contribution in [-0.4, -0.2) is 18.5 Å². The molecule has 2 aromatic carbocycles. The van der Waals surface area contributed by atoms with Gasteiger partial charge in [-0.05, 0) is 30.2 Å². The topological polar surface area (TPSA) is 52.6 Å². The van der Waals surface area contributed by atoms with Crippen molar-refractivity contribution in [1.29, 1.82) is 0 Å². The lowest BCUT2D eigenvalue weighted by molar-refractivity contribution is -0.138. The maximum absolute atomic E-state index is 11.8. The van der Waals surface area contributed by atoms with Gasteiger partial charge in [-0.1, -0.05) is 48.5 Å². The average Bonchev–Trinajstić information content (AvgIpc) is 2.59. The molecule has 0 saturated heterocycles. The third kappa shape index (κ3) is 5.11.